The summed E-state index contributed by atoms with van der Waals surface area (Å²) in [6.07, 6.45) is 8.31. The molecule has 0 saturated heterocycles. The summed E-state index contributed by atoms with van der Waals surface area (Å²) in [5.74, 6) is 0.162. The zero-order valence-electron chi connectivity index (χ0n) is 16.1. The number of aromatic nitrogens is 3. The highest BCUT2D eigenvalue weighted by molar-refractivity contribution is 6.29. The maximum Gasteiger partial charge on any atom is 0.167 e. The van der Waals surface area contributed by atoms with Gasteiger partial charge in [-0.1, -0.05) is 12.1 Å². The molecule has 5 nitrogen and oxygen atoms in total. The highest BCUT2D eigenvalue weighted by Gasteiger charge is 2.26. The van der Waals surface area contributed by atoms with E-state index in [9.17, 15) is 4.79 Å². The molecule has 0 atom stereocenters. The summed E-state index contributed by atoms with van der Waals surface area (Å²) in [7, 11) is 0. The number of hydrogen-bond acceptors (Lipinski definition) is 4. The third kappa shape index (κ3) is 2.66. The molecule has 0 unspecified atom stereocenters. The second-order valence-electron chi connectivity index (χ2n) is 7.63. The molecule has 28 heavy (non-hydrogen) atoms. The fourth-order valence-electron chi connectivity index (χ4n) is 4.23. The Hall–Kier alpha value is -3.21. The number of aromatic amines is 1. The number of nitrogens with zero attached hydrogens (tertiary/aromatic N) is 2. The van der Waals surface area contributed by atoms with E-state index in [1.807, 2.05) is 19.2 Å². The minimum atomic E-state index is 0.162. The van der Waals surface area contributed by atoms with Gasteiger partial charge in [-0.3, -0.25) is 14.9 Å². The monoisotopic (exact) mass is 370 g/mol. The molecular formula is C23H22N4O. The van der Waals surface area contributed by atoms with Crippen molar-refractivity contribution in [1.82, 2.24) is 15.2 Å². The minimum Gasteiger partial charge on any atom is -0.383 e. The zero-order chi connectivity index (χ0) is 19.3. The Morgan fingerprint density at radius 2 is 2.04 bits per heavy atom. The van der Waals surface area contributed by atoms with Gasteiger partial charge in [-0.2, -0.15) is 5.10 Å². The number of nitrogens with one attached hydrogen (secondary N) is 2. The Morgan fingerprint density at radius 3 is 2.86 bits per heavy atom. The number of rotatable bonds is 2. The first-order valence-electron chi connectivity index (χ1n) is 9.72. The van der Waals surface area contributed by atoms with Crippen molar-refractivity contribution in [3.05, 3.63) is 64.2 Å². The maximum atomic E-state index is 12.7. The van der Waals surface area contributed by atoms with Gasteiger partial charge >= 0.3 is 0 Å². The van der Waals surface area contributed by atoms with Gasteiger partial charge in [0.2, 0.25) is 0 Å². The summed E-state index contributed by atoms with van der Waals surface area (Å²) in [4.78, 5) is 17.4. The number of anilines is 1. The van der Waals surface area contributed by atoms with E-state index in [1.165, 1.54) is 11.3 Å². The molecule has 2 aliphatic rings. The first-order chi connectivity index (χ1) is 13.6. The number of hydrogen-bond donors (Lipinski definition) is 2. The van der Waals surface area contributed by atoms with Crippen molar-refractivity contribution in [2.75, 3.05) is 11.9 Å². The van der Waals surface area contributed by atoms with E-state index in [-0.39, 0.29) is 5.78 Å². The third-order valence-corrected chi connectivity index (χ3v) is 5.84. The van der Waals surface area contributed by atoms with Crippen LogP contribution in [0.2, 0.25) is 0 Å². The smallest absolute Gasteiger partial charge is 0.167 e. The summed E-state index contributed by atoms with van der Waals surface area (Å²) in [5.41, 5.74) is 10.6. The molecule has 3 aromatic rings. The van der Waals surface area contributed by atoms with Gasteiger partial charge < -0.3 is 5.32 Å². The summed E-state index contributed by atoms with van der Waals surface area (Å²) in [6, 6.07) is 6.33. The molecule has 1 aliphatic carbocycles. The Balaban J connectivity index is 1.61. The van der Waals surface area contributed by atoms with Gasteiger partial charge in [0.05, 0.1) is 17.6 Å². The molecule has 140 valence electrons. The maximum absolute atomic E-state index is 12.7. The number of carbonyl (C=O) groups is 1. The normalized spacial score (nSPS) is 16.8. The van der Waals surface area contributed by atoms with Crippen molar-refractivity contribution in [2.45, 2.75) is 33.1 Å². The lowest BCUT2D eigenvalue weighted by atomic mass is 9.94. The van der Waals surface area contributed by atoms with Crippen LogP contribution < -0.4 is 5.32 Å². The van der Waals surface area contributed by atoms with Crippen molar-refractivity contribution in [1.29, 1.82) is 0 Å². The first kappa shape index (κ1) is 16.9. The van der Waals surface area contributed by atoms with E-state index in [4.69, 9.17) is 4.98 Å². The predicted molar refractivity (Wildman–Crippen MR) is 111 cm³/mol. The molecule has 0 amide bonds. The van der Waals surface area contributed by atoms with E-state index in [2.05, 4.69) is 40.6 Å². The molecule has 1 aliphatic heterocycles. The number of Topliss-reactive ketones (excluding diaryl/α,β-unsaturated/α-hetero) is 1. The standard InChI is InChI=1S/C23H22N4O/c1-13-20(12-25-21-4-3-7-24-23(13)21)15-5-6-16-10-22(28)19(18(16)8-15)9-17-11-26-27-14(17)2/h5-6,8-9,11-12,24H,3-4,7,10H2,1-2H3,(H,26,27)/b19-9-. The summed E-state index contributed by atoms with van der Waals surface area (Å²) in [6.45, 7) is 5.11. The zero-order valence-corrected chi connectivity index (χ0v) is 16.1. The third-order valence-electron chi connectivity index (χ3n) is 5.84. The van der Waals surface area contributed by atoms with Crippen LogP contribution in [0, 0.1) is 13.8 Å². The van der Waals surface area contributed by atoms with Gasteiger partial charge in [0.15, 0.2) is 5.78 Å². The van der Waals surface area contributed by atoms with Crippen LogP contribution in [-0.4, -0.2) is 27.5 Å². The quantitative estimate of drug-likeness (QED) is 0.666. The van der Waals surface area contributed by atoms with Gasteiger partial charge in [-0.25, -0.2) is 0 Å². The molecule has 0 spiro atoms. The number of allylic oxidation sites excluding steroid dienone is 1. The highest BCUT2D eigenvalue weighted by atomic mass is 16.1. The predicted octanol–water partition coefficient (Wildman–Crippen LogP) is 4.11. The second-order valence-corrected chi connectivity index (χ2v) is 7.63. The summed E-state index contributed by atoms with van der Waals surface area (Å²) >= 11 is 0. The number of fused-ring (bicyclic) bond motifs is 2. The van der Waals surface area contributed by atoms with Crippen molar-refractivity contribution in [2.24, 2.45) is 0 Å². The number of pyridine rings is 1. The van der Waals surface area contributed by atoms with Crippen LogP contribution in [0.15, 0.2) is 30.6 Å². The molecule has 0 fully saturated rings. The number of carbonyl (C=O) groups excluding carboxylic acids is 1. The van der Waals surface area contributed by atoms with Gasteiger partial charge in [0.25, 0.3) is 0 Å². The number of H-pyrrole nitrogens is 1. The SMILES string of the molecule is Cc1[nH]ncc1/C=C1\C(=O)Cc2ccc(-c3cnc4c(c3C)NCCC4)cc21. The largest absolute Gasteiger partial charge is 0.383 e. The molecule has 5 rings (SSSR count). The fourth-order valence-corrected chi connectivity index (χ4v) is 4.23. The lowest BCUT2D eigenvalue weighted by Crippen LogP contribution is -2.14. The number of benzene rings is 1. The van der Waals surface area contributed by atoms with E-state index < -0.39 is 0 Å². The second kappa shape index (κ2) is 6.44. The number of aryl methyl sites for hydroxylation is 2. The first-order valence-corrected chi connectivity index (χ1v) is 9.72. The highest BCUT2D eigenvalue weighted by Crippen LogP contribution is 2.37. The molecule has 0 saturated carbocycles. The topological polar surface area (TPSA) is 70.7 Å². The van der Waals surface area contributed by atoms with Gasteiger partial charge in [-0.05, 0) is 61.1 Å². The van der Waals surface area contributed by atoms with Crippen molar-refractivity contribution in [3.8, 4) is 11.1 Å². The van der Waals surface area contributed by atoms with Gasteiger partial charge in [0, 0.05) is 41.6 Å². The molecular weight excluding hydrogens is 348 g/mol. The van der Waals surface area contributed by atoms with Crippen molar-refractivity contribution in [3.63, 3.8) is 0 Å². The fraction of sp³-hybridized carbons (Fsp3) is 0.261. The van der Waals surface area contributed by atoms with E-state index >= 15 is 0 Å². The van der Waals surface area contributed by atoms with Crippen LogP contribution in [0.4, 0.5) is 5.69 Å². The molecule has 0 bridgehead atoms. The lowest BCUT2D eigenvalue weighted by Gasteiger charge is -2.21. The number of ketones is 1. The summed E-state index contributed by atoms with van der Waals surface area (Å²) in [5, 5.41) is 10.5. The average Bonchev–Trinajstić information content (AvgIpc) is 3.25. The van der Waals surface area contributed by atoms with Crippen molar-refractivity contribution >= 4 is 23.1 Å². The van der Waals surface area contributed by atoms with Crippen LogP contribution in [0.5, 0.6) is 0 Å². The molecule has 3 heterocycles. The van der Waals surface area contributed by atoms with Crippen molar-refractivity contribution < 1.29 is 4.79 Å². The molecule has 5 heteroatoms. The summed E-state index contributed by atoms with van der Waals surface area (Å²) < 4.78 is 0. The molecule has 1 aromatic carbocycles. The Bertz CT molecular complexity index is 1140. The van der Waals surface area contributed by atoms with Crippen LogP contribution in [0.25, 0.3) is 22.8 Å². The van der Waals surface area contributed by atoms with E-state index in [0.29, 0.717) is 6.42 Å². The Morgan fingerprint density at radius 1 is 1.14 bits per heavy atom. The molecule has 2 N–H and O–H groups in total. The van der Waals surface area contributed by atoms with E-state index in [0.717, 1.165) is 64.2 Å². The van der Waals surface area contributed by atoms with Crippen LogP contribution in [0.1, 0.15) is 40.1 Å². The average molecular weight is 370 g/mol. The molecule has 2 aromatic heterocycles. The Labute approximate surface area is 163 Å². The molecule has 0 radical (unpaired) electrons. The Kier molecular flexibility index (Phi) is 3.90. The van der Waals surface area contributed by atoms with Crippen LogP contribution in [-0.2, 0) is 17.6 Å². The minimum absolute atomic E-state index is 0.162. The van der Waals surface area contributed by atoms with Crippen LogP contribution >= 0.6 is 0 Å². The van der Waals surface area contributed by atoms with Gasteiger partial charge in [0.1, 0.15) is 0 Å². The van der Waals surface area contributed by atoms with E-state index in [1.54, 1.807) is 6.20 Å². The van der Waals surface area contributed by atoms with Crippen LogP contribution in [0.3, 0.4) is 0 Å². The lowest BCUT2D eigenvalue weighted by molar-refractivity contribution is -0.112. The van der Waals surface area contributed by atoms with Gasteiger partial charge in [-0.15, -0.1) is 0 Å².